The number of benzene rings is 1. The van der Waals surface area contributed by atoms with E-state index in [2.05, 4.69) is 60.0 Å². The number of fused-ring (bicyclic) bond motifs is 1. The Kier molecular flexibility index (Phi) is 4.31. The van der Waals surface area contributed by atoms with Crippen LogP contribution in [0.15, 0.2) is 47.2 Å². The molecule has 4 nitrogen and oxygen atoms in total. The molecule has 23 heavy (non-hydrogen) atoms. The predicted octanol–water partition coefficient (Wildman–Crippen LogP) is 3.34. The number of hydrogen-bond acceptors (Lipinski definition) is 4. The minimum Gasteiger partial charge on any atom is -0.339 e. The van der Waals surface area contributed by atoms with Gasteiger partial charge < -0.3 is 4.90 Å². The Morgan fingerprint density at radius 1 is 1.09 bits per heavy atom. The molecule has 2 unspecified atom stereocenters. The molecule has 4 rings (SSSR count). The second-order valence-corrected chi connectivity index (χ2v) is 7.42. The topological polar surface area (TPSA) is 32.3 Å². The van der Waals surface area contributed by atoms with Gasteiger partial charge in [-0.2, -0.15) is 0 Å². The zero-order valence-corrected chi connectivity index (χ0v) is 14.7. The van der Waals surface area contributed by atoms with Crippen LogP contribution >= 0.6 is 15.9 Å². The van der Waals surface area contributed by atoms with Crippen molar-refractivity contribution in [2.45, 2.75) is 25.4 Å². The molecule has 0 spiro atoms. The van der Waals surface area contributed by atoms with Gasteiger partial charge in [-0.25, -0.2) is 9.97 Å². The molecule has 1 aromatic carbocycles. The van der Waals surface area contributed by atoms with Crippen molar-refractivity contribution in [1.82, 2.24) is 14.9 Å². The van der Waals surface area contributed by atoms with Crippen LogP contribution in [-0.2, 0) is 6.54 Å². The summed E-state index contributed by atoms with van der Waals surface area (Å²) >= 11 is 3.58. The van der Waals surface area contributed by atoms with Crippen molar-refractivity contribution in [2.75, 3.05) is 24.5 Å². The lowest BCUT2D eigenvalue weighted by molar-refractivity contribution is 0.200. The Labute approximate surface area is 145 Å². The van der Waals surface area contributed by atoms with Crippen molar-refractivity contribution in [2.24, 2.45) is 5.92 Å². The van der Waals surface area contributed by atoms with Gasteiger partial charge in [0.15, 0.2) is 0 Å². The first kappa shape index (κ1) is 15.1. The van der Waals surface area contributed by atoms with E-state index in [1.54, 1.807) is 0 Å². The molecule has 2 atom stereocenters. The zero-order chi connectivity index (χ0) is 15.6. The summed E-state index contributed by atoms with van der Waals surface area (Å²) in [7, 11) is 0. The molecule has 5 heteroatoms. The summed E-state index contributed by atoms with van der Waals surface area (Å²) in [6.45, 7) is 4.36. The van der Waals surface area contributed by atoms with Gasteiger partial charge in [0.2, 0.25) is 5.95 Å². The monoisotopic (exact) mass is 372 g/mol. The molecule has 2 aromatic rings. The zero-order valence-electron chi connectivity index (χ0n) is 13.1. The van der Waals surface area contributed by atoms with Crippen LogP contribution < -0.4 is 4.90 Å². The second-order valence-electron chi connectivity index (χ2n) is 6.50. The summed E-state index contributed by atoms with van der Waals surface area (Å²) in [5.41, 5.74) is 1.38. The van der Waals surface area contributed by atoms with E-state index in [0.717, 1.165) is 36.0 Å². The quantitative estimate of drug-likeness (QED) is 0.826. The lowest BCUT2D eigenvalue weighted by Gasteiger charge is -2.38. The maximum Gasteiger partial charge on any atom is 0.225 e. The van der Waals surface area contributed by atoms with E-state index in [-0.39, 0.29) is 0 Å². The summed E-state index contributed by atoms with van der Waals surface area (Å²) in [6.07, 6.45) is 6.24. The average Bonchev–Trinajstić information content (AvgIpc) is 2.98. The van der Waals surface area contributed by atoms with Gasteiger partial charge >= 0.3 is 0 Å². The van der Waals surface area contributed by atoms with Crippen molar-refractivity contribution in [3.05, 3.63) is 52.8 Å². The third kappa shape index (κ3) is 3.26. The van der Waals surface area contributed by atoms with Crippen LogP contribution in [0.5, 0.6) is 0 Å². The normalized spacial score (nSPS) is 24.7. The number of likely N-dealkylation sites (tertiary alicyclic amines) is 1. The van der Waals surface area contributed by atoms with Crippen molar-refractivity contribution in [3.63, 3.8) is 0 Å². The number of aromatic nitrogens is 2. The molecule has 2 aliphatic rings. The number of nitrogens with zero attached hydrogens (tertiary/aromatic N) is 4. The van der Waals surface area contributed by atoms with Gasteiger partial charge in [0.1, 0.15) is 0 Å². The first-order valence-corrected chi connectivity index (χ1v) is 9.09. The van der Waals surface area contributed by atoms with E-state index in [0.29, 0.717) is 6.04 Å². The molecule has 1 aromatic heterocycles. The molecule has 0 radical (unpaired) electrons. The van der Waals surface area contributed by atoms with Gasteiger partial charge in [-0.15, -0.1) is 0 Å². The summed E-state index contributed by atoms with van der Waals surface area (Å²) in [4.78, 5) is 13.8. The van der Waals surface area contributed by atoms with Gasteiger partial charge in [-0.05, 0) is 49.1 Å². The highest BCUT2D eigenvalue weighted by atomic mass is 79.9. The first-order valence-electron chi connectivity index (χ1n) is 8.30. The Morgan fingerprint density at radius 2 is 1.91 bits per heavy atom. The Hall–Kier alpha value is -1.46. The number of anilines is 1. The molecular formula is C18H21BrN4. The van der Waals surface area contributed by atoms with Crippen LogP contribution in [0, 0.1) is 5.92 Å². The van der Waals surface area contributed by atoms with E-state index < -0.39 is 0 Å². The highest BCUT2D eigenvalue weighted by Gasteiger charge is 2.38. The molecule has 2 aliphatic heterocycles. The van der Waals surface area contributed by atoms with Crippen molar-refractivity contribution >= 4 is 21.9 Å². The molecule has 120 valence electrons. The van der Waals surface area contributed by atoms with E-state index in [1.807, 2.05) is 18.5 Å². The number of rotatable bonds is 3. The Morgan fingerprint density at radius 3 is 2.74 bits per heavy atom. The highest BCUT2D eigenvalue weighted by Crippen LogP contribution is 2.33. The molecule has 0 aliphatic carbocycles. The van der Waals surface area contributed by atoms with Gasteiger partial charge in [0, 0.05) is 42.5 Å². The first-order chi connectivity index (χ1) is 11.3. The highest BCUT2D eigenvalue weighted by molar-refractivity contribution is 9.10. The number of piperidine rings is 1. The number of halogens is 1. The maximum atomic E-state index is 4.43. The molecule has 2 saturated heterocycles. The van der Waals surface area contributed by atoms with Crippen LogP contribution in [0.25, 0.3) is 0 Å². The summed E-state index contributed by atoms with van der Waals surface area (Å²) in [5.74, 6) is 1.70. The van der Waals surface area contributed by atoms with Crippen LogP contribution in [0.3, 0.4) is 0 Å². The molecule has 0 saturated carbocycles. The van der Waals surface area contributed by atoms with E-state index in [9.17, 15) is 0 Å². The van der Waals surface area contributed by atoms with Gasteiger partial charge in [-0.1, -0.05) is 28.1 Å². The van der Waals surface area contributed by atoms with E-state index in [1.165, 1.54) is 24.9 Å². The van der Waals surface area contributed by atoms with Crippen molar-refractivity contribution in [1.29, 1.82) is 0 Å². The SMILES string of the molecule is Brc1cccc(CN2CCC3CCN(c4ncccn4)CC32)c1. The molecule has 3 heterocycles. The van der Waals surface area contributed by atoms with Crippen LogP contribution in [0.2, 0.25) is 0 Å². The fourth-order valence-corrected chi connectivity index (χ4v) is 4.38. The third-order valence-corrected chi connectivity index (χ3v) is 5.58. The van der Waals surface area contributed by atoms with Crippen LogP contribution in [-0.4, -0.2) is 40.5 Å². The summed E-state index contributed by atoms with van der Waals surface area (Å²) in [6, 6.07) is 11.2. The fourth-order valence-electron chi connectivity index (χ4n) is 3.93. The summed E-state index contributed by atoms with van der Waals surface area (Å²) < 4.78 is 1.16. The van der Waals surface area contributed by atoms with Gasteiger partial charge in [0.25, 0.3) is 0 Å². The Balaban J connectivity index is 1.48. The molecular weight excluding hydrogens is 352 g/mol. The van der Waals surface area contributed by atoms with Crippen LogP contribution in [0.1, 0.15) is 18.4 Å². The van der Waals surface area contributed by atoms with Crippen molar-refractivity contribution in [3.8, 4) is 0 Å². The summed E-state index contributed by atoms with van der Waals surface area (Å²) in [5, 5.41) is 0. The average molecular weight is 373 g/mol. The number of hydrogen-bond donors (Lipinski definition) is 0. The minimum absolute atomic E-state index is 0.617. The van der Waals surface area contributed by atoms with Gasteiger partial charge in [0.05, 0.1) is 0 Å². The lowest BCUT2D eigenvalue weighted by Crippen LogP contribution is -2.48. The Bertz CT molecular complexity index is 663. The fraction of sp³-hybridized carbons (Fsp3) is 0.444. The van der Waals surface area contributed by atoms with Crippen molar-refractivity contribution < 1.29 is 0 Å². The smallest absolute Gasteiger partial charge is 0.225 e. The standard InChI is InChI=1S/C18H21BrN4/c19-16-4-1-3-14(11-16)12-22-9-5-15-6-10-23(13-17(15)22)18-20-7-2-8-21-18/h1-4,7-8,11,15,17H,5-6,9-10,12-13H2. The van der Waals surface area contributed by atoms with E-state index in [4.69, 9.17) is 0 Å². The third-order valence-electron chi connectivity index (χ3n) is 5.09. The minimum atomic E-state index is 0.617. The largest absolute Gasteiger partial charge is 0.339 e. The maximum absolute atomic E-state index is 4.43. The lowest BCUT2D eigenvalue weighted by atomic mass is 9.92. The predicted molar refractivity (Wildman–Crippen MR) is 95.3 cm³/mol. The molecule has 0 bridgehead atoms. The molecule has 0 N–H and O–H groups in total. The molecule has 0 amide bonds. The molecule has 2 fully saturated rings. The second kappa shape index (κ2) is 6.57. The van der Waals surface area contributed by atoms with Gasteiger partial charge in [-0.3, -0.25) is 4.90 Å². The van der Waals surface area contributed by atoms with Crippen LogP contribution in [0.4, 0.5) is 5.95 Å². The van der Waals surface area contributed by atoms with E-state index >= 15 is 0 Å².